The van der Waals surface area contributed by atoms with Gasteiger partial charge in [-0.2, -0.15) is 0 Å². The molecule has 0 unspecified atom stereocenters. The fourth-order valence-electron chi connectivity index (χ4n) is 1.85. The number of carbonyl (C=O) groups is 1. The van der Waals surface area contributed by atoms with Crippen molar-refractivity contribution in [1.82, 2.24) is 0 Å². The summed E-state index contributed by atoms with van der Waals surface area (Å²) in [7, 11) is 1.57. The van der Waals surface area contributed by atoms with E-state index >= 15 is 0 Å². The molecule has 0 atom stereocenters. The maximum Gasteiger partial charge on any atom is 0.248 e. The minimum Gasteiger partial charge on any atom is -0.495 e. The third kappa shape index (κ3) is 3.89. The first-order valence-corrected chi connectivity index (χ1v) is 7.34. The molecule has 0 aliphatic carbocycles. The molecule has 4 nitrogen and oxygen atoms in total. The van der Waals surface area contributed by atoms with Gasteiger partial charge in [0.2, 0.25) is 5.91 Å². The molecule has 0 fully saturated rings. The highest BCUT2D eigenvalue weighted by Gasteiger charge is 2.08. The third-order valence-corrected chi connectivity index (χ3v) is 4.18. The number of amides is 1. The summed E-state index contributed by atoms with van der Waals surface area (Å²) in [5.74, 6) is 0.163. The zero-order valence-corrected chi connectivity index (χ0v) is 13.7. The minimum atomic E-state index is -0.479. The van der Waals surface area contributed by atoms with Crippen molar-refractivity contribution in [3.8, 4) is 5.75 Å². The molecule has 0 saturated carbocycles. The van der Waals surface area contributed by atoms with Crippen LogP contribution in [-0.4, -0.2) is 13.0 Å². The SMILES string of the molecule is COc1ccc(C(N)=O)cc1NCc1ccc(Br)c(Cl)c1. The predicted molar refractivity (Wildman–Crippen MR) is 88.0 cm³/mol. The number of primary amides is 1. The van der Waals surface area contributed by atoms with Gasteiger partial charge < -0.3 is 15.8 Å². The van der Waals surface area contributed by atoms with E-state index in [1.165, 1.54) is 0 Å². The maximum atomic E-state index is 11.2. The van der Waals surface area contributed by atoms with E-state index in [-0.39, 0.29) is 0 Å². The first kappa shape index (κ1) is 15.7. The average molecular weight is 370 g/mol. The Kier molecular flexibility index (Phi) is 5.09. The summed E-state index contributed by atoms with van der Waals surface area (Å²) < 4.78 is 6.11. The van der Waals surface area contributed by atoms with Gasteiger partial charge in [0.1, 0.15) is 5.75 Å². The van der Waals surface area contributed by atoms with Gasteiger partial charge in [-0.15, -0.1) is 0 Å². The van der Waals surface area contributed by atoms with Gasteiger partial charge in [0.05, 0.1) is 17.8 Å². The molecule has 6 heteroatoms. The minimum absolute atomic E-state index is 0.423. The first-order chi connectivity index (χ1) is 10.0. The standard InChI is InChI=1S/C15H14BrClN2O2/c1-21-14-5-3-10(15(18)20)7-13(14)19-8-9-2-4-11(16)12(17)6-9/h2-7,19H,8H2,1H3,(H2,18,20). The molecule has 2 aromatic rings. The molecule has 0 aliphatic heterocycles. The second-order valence-corrected chi connectivity index (χ2v) is 5.64. The summed E-state index contributed by atoms with van der Waals surface area (Å²) in [4.78, 5) is 11.2. The van der Waals surface area contributed by atoms with Crippen LogP contribution in [-0.2, 0) is 6.54 Å². The van der Waals surface area contributed by atoms with Gasteiger partial charge >= 0.3 is 0 Å². The normalized spacial score (nSPS) is 10.2. The van der Waals surface area contributed by atoms with Crippen LogP contribution in [0.15, 0.2) is 40.9 Å². The predicted octanol–water partition coefficient (Wildman–Crippen LogP) is 3.82. The highest BCUT2D eigenvalue weighted by molar-refractivity contribution is 9.10. The van der Waals surface area contributed by atoms with Gasteiger partial charge in [0.15, 0.2) is 0 Å². The largest absolute Gasteiger partial charge is 0.495 e. The lowest BCUT2D eigenvalue weighted by molar-refractivity contribution is 0.100. The van der Waals surface area contributed by atoms with Gasteiger partial charge in [-0.1, -0.05) is 17.7 Å². The molecule has 0 saturated heterocycles. The number of methoxy groups -OCH3 is 1. The molecule has 0 aromatic heterocycles. The fourth-order valence-corrected chi connectivity index (χ4v) is 2.30. The van der Waals surface area contributed by atoms with Crippen LogP contribution in [0.1, 0.15) is 15.9 Å². The molecule has 0 heterocycles. The number of halogens is 2. The number of hydrogen-bond donors (Lipinski definition) is 2. The van der Waals surface area contributed by atoms with Crippen molar-refractivity contribution in [3.63, 3.8) is 0 Å². The van der Waals surface area contributed by atoms with Crippen molar-refractivity contribution in [2.24, 2.45) is 5.73 Å². The Morgan fingerprint density at radius 3 is 2.71 bits per heavy atom. The summed E-state index contributed by atoms with van der Waals surface area (Å²) in [6.07, 6.45) is 0. The lowest BCUT2D eigenvalue weighted by Crippen LogP contribution is -2.11. The van der Waals surface area contributed by atoms with Crippen LogP contribution in [0.4, 0.5) is 5.69 Å². The van der Waals surface area contributed by atoms with Crippen LogP contribution in [0, 0.1) is 0 Å². The molecule has 2 rings (SSSR count). The quantitative estimate of drug-likeness (QED) is 0.842. The van der Waals surface area contributed by atoms with Gasteiger partial charge in [-0.3, -0.25) is 4.79 Å². The average Bonchev–Trinajstić information content (AvgIpc) is 2.48. The van der Waals surface area contributed by atoms with Gasteiger partial charge in [-0.25, -0.2) is 0 Å². The smallest absolute Gasteiger partial charge is 0.248 e. The summed E-state index contributed by atoms with van der Waals surface area (Å²) in [6, 6.07) is 10.7. The van der Waals surface area contributed by atoms with E-state index in [0.29, 0.717) is 28.6 Å². The van der Waals surface area contributed by atoms with Crippen molar-refractivity contribution in [1.29, 1.82) is 0 Å². The van der Waals surface area contributed by atoms with E-state index in [9.17, 15) is 4.79 Å². The lowest BCUT2D eigenvalue weighted by atomic mass is 10.1. The third-order valence-electron chi connectivity index (χ3n) is 2.95. The number of rotatable bonds is 5. The Hall–Kier alpha value is -1.72. The monoisotopic (exact) mass is 368 g/mol. The molecule has 2 aromatic carbocycles. The fraction of sp³-hybridized carbons (Fsp3) is 0.133. The second kappa shape index (κ2) is 6.83. The Morgan fingerprint density at radius 2 is 2.10 bits per heavy atom. The molecule has 1 amide bonds. The lowest BCUT2D eigenvalue weighted by Gasteiger charge is -2.12. The number of carbonyl (C=O) groups excluding carboxylic acids is 1. The zero-order chi connectivity index (χ0) is 15.4. The van der Waals surface area contributed by atoms with E-state index in [0.717, 1.165) is 10.0 Å². The van der Waals surface area contributed by atoms with Crippen LogP contribution in [0.25, 0.3) is 0 Å². The van der Waals surface area contributed by atoms with Gasteiger partial charge in [-0.05, 0) is 51.8 Å². The summed E-state index contributed by atoms with van der Waals surface area (Å²) in [5, 5.41) is 3.86. The van der Waals surface area contributed by atoms with Crippen molar-refractivity contribution in [3.05, 3.63) is 57.0 Å². The van der Waals surface area contributed by atoms with E-state index in [1.807, 2.05) is 18.2 Å². The maximum absolute atomic E-state index is 11.2. The number of hydrogen-bond acceptors (Lipinski definition) is 3. The van der Waals surface area contributed by atoms with Crippen molar-refractivity contribution in [2.75, 3.05) is 12.4 Å². The highest BCUT2D eigenvalue weighted by Crippen LogP contribution is 2.27. The summed E-state index contributed by atoms with van der Waals surface area (Å²) in [5.41, 5.74) is 7.42. The number of nitrogens with two attached hydrogens (primary N) is 1. The molecule has 0 bridgehead atoms. The second-order valence-electron chi connectivity index (χ2n) is 4.38. The molecule has 3 N–H and O–H groups in total. The Balaban J connectivity index is 2.19. The van der Waals surface area contributed by atoms with Crippen LogP contribution < -0.4 is 15.8 Å². The molecule has 0 radical (unpaired) electrons. The molecule has 0 spiro atoms. The number of nitrogens with one attached hydrogen (secondary N) is 1. The highest BCUT2D eigenvalue weighted by atomic mass is 79.9. The number of ether oxygens (including phenoxy) is 1. The van der Waals surface area contributed by atoms with Crippen molar-refractivity contribution < 1.29 is 9.53 Å². The molecular weight excluding hydrogens is 356 g/mol. The number of benzene rings is 2. The van der Waals surface area contributed by atoms with Crippen molar-refractivity contribution >= 4 is 39.1 Å². The number of anilines is 1. The van der Waals surface area contributed by atoms with Crippen LogP contribution in [0.2, 0.25) is 5.02 Å². The summed E-state index contributed by atoms with van der Waals surface area (Å²) in [6.45, 7) is 0.547. The van der Waals surface area contributed by atoms with E-state index in [1.54, 1.807) is 25.3 Å². The van der Waals surface area contributed by atoms with E-state index < -0.39 is 5.91 Å². The molecule has 110 valence electrons. The first-order valence-electron chi connectivity index (χ1n) is 6.17. The van der Waals surface area contributed by atoms with Gasteiger partial charge in [0, 0.05) is 16.6 Å². The topological polar surface area (TPSA) is 64.3 Å². The Bertz CT molecular complexity index is 677. The van der Waals surface area contributed by atoms with Crippen LogP contribution >= 0.6 is 27.5 Å². The van der Waals surface area contributed by atoms with E-state index in [2.05, 4.69) is 21.2 Å². The Morgan fingerprint density at radius 1 is 1.33 bits per heavy atom. The molecule has 0 aliphatic rings. The summed E-state index contributed by atoms with van der Waals surface area (Å²) >= 11 is 9.41. The van der Waals surface area contributed by atoms with Crippen LogP contribution in [0.5, 0.6) is 5.75 Å². The van der Waals surface area contributed by atoms with Crippen molar-refractivity contribution in [2.45, 2.75) is 6.54 Å². The van der Waals surface area contributed by atoms with E-state index in [4.69, 9.17) is 22.1 Å². The zero-order valence-electron chi connectivity index (χ0n) is 11.3. The Labute approximate surface area is 136 Å². The van der Waals surface area contributed by atoms with Crippen LogP contribution in [0.3, 0.4) is 0 Å². The van der Waals surface area contributed by atoms with Gasteiger partial charge in [0.25, 0.3) is 0 Å². The molecule has 21 heavy (non-hydrogen) atoms. The molecular formula is C15H14BrClN2O2.